The molecule has 152 valence electrons. The molecule has 0 unspecified atom stereocenters. The van der Waals surface area contributed by atoms with Gasteiger partial charge in [0, 0.05) is 36.6 Å². The number of nitrogens with zero attached hydrogens (tertiary/aromatic N) is 3. The number of fused-ring (bicyclic) bond motifs is 1. The maximum atomic E-state index is 12.7. The van der Waals surface area contributed by atoms with Crippen molar-refractivity contribution < 1.29 is 8.42 Å². The lowest BCUT2D eigenvalue weighted by Gasteiger charge is -2.10. The minimum Gasteiger partial charge on any atom is -0.367 e. The predicted octanol–water partition coefficient (Wildman–Crippen LogP) is 3.16. The van der Waals surface area contributed by atoms with E-state index in [1.54, 1.807) is 42.7 Å². The summed E-state index contributed by atoms with van der Waals surface area (Å²) in [6.45, 7) is 0.583. The fraction of sp³-hybridized carbons (Fsp3) is 0.0952. The molecule has 2 aromatic carbocycles. The summed E-state index contributed by atoms with van der Waals surface area (Å²) in [7, 11) is -3.62. The minimum absolute atomic E-state index is 0.213. The number of anilines is 3. The highest BCUT2D eigenvalue weighted by Gasteiger charge is 2.16. The predicted molar refractivity (Wildman–Crippen MR) is 117 cm³/mol. The van der Waals surface area contributed by atoms with Crippen LogP contribution < -0.4 is 15.4 Å². The van der Waals surface area contributed by atoms with Gasteiger partial charge in [-0.15, -0.1) is 10.2 Å². The first-order chi connectivity index (χ1) is 14.6. The Balaban J connectivity index is 1.32. The van der Waals surface area contributed by atoms with Gasteiger partial charge in [-0.2, -0.15) is 0 Å². The normalized spacial score (nSPS) is 11.3. The van der Waals surface area contributed by atoms with Crippen molar-refractivity contribution in [1.82, 2.24) is 19.9 Å². The molecule has 0 aliphatic heterocycles. The van der Waals surface area contributed by atoms with E-state index >= 15 is 0 Å². The second-order valence-corrected chi connectivity index (χ2v) is 8.20. The van der Waals surface area contributed by atoms with Crippen LogP contribution in [0, 0.1) is 0 Å². The van der Waals surface area contributed by atoms with Crippen LogP contribution in [0.5, 0.6) is 0 Å². The van der Waals surface area contributed by atoms with E-state index in [1.165, 1.54) is 0 Å². The first kappa shape index (κ1) is 19.7. The molecule has 0 saturated carbocycles. The van der Waals surface area contributed by atoms with Gasteiger partial charge in [0.1, 0.15) is 5.82 Å². The van der Waals surface area contributed by atoms with E-state index in [0.717, 1.165) is 11.1 Å². The fourth-order valence-electron chi connectivity index (χ4n) is 2.96. The van der Waals surface area contributed by atoms with Crippen LogP contribution in [-0.4, -0.2) is 36.7 Å². The van der Waals surface area contributed by atoms with Crippen LogP contribution in [0.25, 0.3) is 10.8 Å². The van der Waals surface area contributed by atoms with E-state index in [-0.39, 0.29) is 11.4 Å². The molecule has 3 N–H and O–H groups in total. The molecule has 0 radical (unpaired) electrons. The molecular formula is C21H20N6O2S. The number of nitrogens with one attached hydrogen (secondary N) is 3. The smallest absolute Gasteiger partial charge is 0.241 e. The van der Waals surface area contributed by atoms with Crippen LogP contribution in [0.1, 0.15) is 0 Å². The van der Waals surface area contributed by atoms with E-state index < -0.39 is 10.0 Å². The maximum Gasteiger partial charge on any atom is 0.241 e. The Bertz CT molecular complexity index is 1230. The molecule has 9 heteroatoms. The summed E-state index contributed by atoms with van der Waals surface area (Å²) in [4.78, 5) is 4.23. The van der Waals surface area contributed by atoms with Crippen molar-refractivity contribution in [2.45, 2.75) is 4.90 Å². The number of hydrogen-bond donors (Lipinski definition) is 3. The Morgan fingerprint density at radius 2 is 1.50 bits per heavy atom. The lowest BCUT2D eigenvalue weighted by molar-refractivity contribution is 0.584. The van der Waals surface area contributed by atoms with Crippen LogP contribution in [0.4, 0.5) is 17.3 Å². The van der Waals surface area contributed by atoms with Gasteiger partial charge in [-0.25, -0.2) is 13.1 Å². The number of hydrogen-bond acceptors (Lipinski definition) is 7. The third-order valence-electron chi connectivity index (χ3n) is 4.38. The number of aromatic nitrogens is 3. The van der Waals surface area contributed by atoms with Crippen molar-refractivity contribution in [2.75, 3.05) is 23.7 Å². The van der Waals surface area contributed by atoms with Gasteiger partial charge >= 0.3 is 0 Å². The zero-order chi connectivity index (χ0) is 20.8. The highest BCUT2D eigenvalue weighted by atomic mass is 32.2. The summed E-state index contributed by atoms with van der Waals surface area (Å²) >= 11 is 0. The van der Waals surface area contributed by atoms with Crippen LogP contribution in [0.2, 0.25) is 0 Å². The standard InChI is InChI=1S/C21H20N6O2S/c28-30(29,19-7-3-5-16-4-1-2-6-18(16)19)24-15-14-23-20-8-9-21(27-26-20)25-17-10-12-22-13-11-17/h1-13,24H,14-15H2,(H,23,26)(H,22,25,27). The van der Waals surface area contributed by atoms with Gasteiger partial charge in [0.05, 0.1) is 4.90 Å². The molecule has 0 saturated heterocycles. The van der Waals surface area contributed by atoms with E-state index in [1.807, 2.05) is 36.4 Å². The summed E-state index contributed by atoms with van der Waals surface area (Å²) in [5, 5.41) is 15.9. The Morgan fingerprint density at radius 1 is 0.767 bits per heavy atom. The number of benzene rings is 2. The Labute approximate surface area is 174 Å². The van der Waals surface area contributed by atoms with E-state index in [4.69, 9.17) is 0 Å². The quantitative estimate of drug-likeness (QED) is 0.376. The summed E-state index contributed by atoms with van der Waals surface area (Å²) in [5.74, 6) is 1.16. The van der Waals surface area contributed by atoms with Crippen molar-refractivity contribution in [3.05, 3.63) is 79.1 Å². The van der Waals surface area contributed by atoms with Crippen molar-refractivity contribution in [3.63, 3.8) is 0 Å². The summed E-state index contributed by atoms with van der Waals surface area (Å²) < 4.78 is 28.0. The van der Waals surface area contributed by atoms with Gasteiger partial charge in [0.2, 0.25) is 10.0 Å². The molecule has 2 aromatic heterocycles. The topological polar surface area (TPSA) is 109 Å². The monoisotopic (exact) mass is 420 g/mol. The molecule has 0 amide bonds. The largest absolute Gasteiger partial charge is 0.367 e. The summed E-state index contributed by atoms with van der Waals surface area (Å²) in [6, 6.07) is 19.9. The number of pyridine rings is 1. The summed E-state index contributed by atoms with van der Waals surface area (Å²) in [6.07, 6.45) is 3.37. The van der Waals surface area contributed by atoms with Crippen LogP contribution in [-0.2, 0) is 10.0 Å². The van der Waals surface area contributed by atoms with Gasteiger partial charge in [-0.1, -0.05) is 36.4 Å². The fourth-order valence-corrected chi connectivity index (χ4v) is 4.22. The molecule has 4 rings (SSSR count). The molecule has 8 nitrogen and oxygen atoms in total. The zero-order valence-electron chi connectivity index (χ0n) is 16.0. The molecule has 30 heavy (non-hydrogen) atoms. The van der Waals surface area contributed by atoms with Crippen molar-refractivity contribution in [3.8, 4) is 0 Å². The van der Waals surface area contributed by atoms with Gasteiger partial charge < -0.3 is 10.6 Å². The molecule has 0 aliphatic rings. The van der Waals surface area contributed by atoms with Gasteiger partial charge in [0.15, 0.2) is 5.82 Å². The minimum atomic E-state index is -3.62. The third kappa shape index (κ3) is 4.70. The lowest BCUT2D eigenvalue weighted by Crippen LogP contribution is -2.29. The van der Waals surface area contributed by atoms with E-state index in [9.17, 15) is 8.42 Å². The highest BCUT2D eigenvalue weighted by molar-refractivity contribution is 7.89. The second kappa shape index (κ2) is 8.85. The molecular weight excluding hydrogens is 400 g/mol. The average molecular weight is 420 g/mol. The van der Waals surface area contributed by atoms with Crippen LogP contribution in [0.3, 0.4) is 0 Å². The van der Waals surface area contributed by atoms with Gasteiger partial charge in [-0.3, -0.25) is 4.98 Å². The molecule has 0 spiro atoms. The van der Waals surface area contributed by atoms with Crippen molar-refractivity contribution in [2.24, 2.45) is 0 Å². The van der Waals surface area contributed by atoms with Gasteiger partial charge in [-0.05, 0) is 35.7 Å². The Kier molecular flexibility index (Phi) is 5.82. The van der Waals surface area contributed by atoms with E-state index in [2.05, 4.69) is 30.5 Å². The van der Waals surface area contributed by atoms with Gasteiger partial charge in [0.25, 0.3) is 0 Å². The maximum absolute atomic E-state index is 12.7. The number of sulfonamides is 1. The molecule has 0 atom stereocenters. The molecule has 0 aliphatic carbocycles. The van der Waals surface area contributed by atoms with Crippen molar-refractivity contribution in [1.29, 1.82) is 0 Å². The Morgan fingerprint density at radius 3 is 2.30 bits per heavy atom. The Hall–Kier alpha value is -3.56. The first-order valence-corrected chi connectivity index (χ1v) is 10.8. The first-order valence-electron chi connectivity index (χ1n) is 9.34. The van der Waals surface area contributed by atoms with Crippen molar-refractivity contribution >= 4 is 38.1 Å². The molecule has 0 bridgehead atoms. The van der Waals surface area contributed by atoms with Crippen LogP contribution >= 0.6 is 0 Å². The van der Waals surface area contributed by atoms with E-state index in [0.29, 0.717) is 23.6 Å². The summed E-state index contributed by atoms with van der Waals surface area (Å²) in [5.41, 5.74) is 0.864. The van der Waals surface area contributed by atoms with Crippen LogP contribution in [0.15, 0.2) is 84.0 Å². The number of rotatable bonds is 8. The average Bonchev–Trinajstić information content (AvgIpc) is 2.78. The molecule has 4 aromatic rings. The molecule has 2 heterocycles. The second-order valence-electron chi connectivity index (χ2n) is 6.47. The zero-order valence-corrected chi connectivity index (χ0v) is 16.8. The SMILES string of the molecule is O=S(=O)(NCCNc1ccc(Nc2ccncc2)nn1)c1cccc2ccccc12. The molecule has 0 fully saturated rings. The third-order valence-corrected chi connectivity index (χ3v) is 5.90. The highest BCUT2D eigenvalue weighted by Crippen LogP contribution is 2.22. The lowest BCUT2D eigenvalue weighted by atomic mass is 10.1.